The van der Waals surface area contributed by atoms with Crippen molar-refractivity contribution in [1.82, 2.24) is 0 Å². The summed E-state index contributed by atoms with van der Waals surface area (Å²) in [6.45, 7) is 0.111. The van der Waals surface area contributed by atoms with Crippen molar-refractivity contribution >= 4 is 23.4 Å². The minimum absolute atomic E-state index is 0.111. The zero-order chi connectivity index (χ0) is 8.88. The summed E-state index contributed by atoms with van der Waals surface area (Å²) in [5.74, 6) is -2.34. The number of carbonyl (C=O) groups is 2. The topological polar surface area (TPSA) is 63.6 Å². The highest BCUT2D eigenvalue weighted by atomic mass is 35.5. The lowest BCUT2D eigenvalue weighted by Crippen LogP contribution is -2.54. The second-order valence-corrected chi connectivity index (χ2v) is 3.54. The van der Waals surface area contributed by atoms with Gasteiger partial charge in [-0.3, -0.25) is 9.59 Å². The summed E-state index contributed by atoms with van der Waals surface area (Å²) >= 11 is 5.60. The van der Waals surface area contributed by atoms with Crippen LogP contribution in [0.25, 0.3) is 0 Å². The van der Waals surface area contributed by atoms with Gasteiger partial charge in [0, 0.05) is 0 Å². The Morgan fingerprint density at radius 3 is 2.92 bits per heavy atom. The maximum atomic E-state index is 11.1. The molecule has 1 aliphatic carbocycles. The highest BCUT2D eigenvalue weighted by Crippen LogP contribution is 2.42. The summed E-state index contributed by atoms with van der Waals surface area (Å²) in [6.07, 6.45) is -0.361. The Morgan fingerprint density at radius 2 is 2.33 bits per heavy atom. The quantitative estimate of drug-likeness (QED) is 0.586. The van der Waals surface area contributed by atoms with E-state index in [0.717, 1.165) is 0 Å². The molecule has 0 spiro atoms. The van der Waals surface area contributed by atoms with Crippen molar-refractivity contribution in [2.45, 2.75) is 11.5 Å². The summed E-state index contributed by atoms with van der Waals surface area (Å²) in [7, 11) is 0. The fourth-order valence-electron chi connectivity index (χ4n) is 1.73. The lowest BCUT2D eigenvalue weighted by atomic mass is 9.74. The Balaban J connectivity index is 2.16. The van der Waals surface area contributed by atoms with E-state index >= 15 is 0 Å². The Kier molecular flexibility index (Phi) is 1.63. The number of alkyl halides is 1. The molecule has 0 aromatic heterocycles. The molecule has 2 fully saturated rings. The first-order valence-electron chi connectivity index (χ1n) is 3.65. The summed E-state index contributed by atoms with van der Waals surface area (Å²) < 4.78 is 5.07. The van der Waals surface area contributed by atoms with E-state index < -0.39 is 23.2 Å². The van der Waals surface area contributed by atoms with Crippen LogP contribution in [0.1, 0.15) is 0 Å². The average molecular weight is 191 g/mol. The van der Waals surface area contributed by atoms with Crippen molar-refractivity contribution in [2.24, 2.45) is 11.8 Å². The standard InChI is InChI=1S/C7H7ClO4/c8-4-5(9)3-2(7(10)11)1-12-6(3)4/h2-4,6H,1H2,(H,10,11). The van der Waals surface area contributed by atoms with Gasteiger partial charge >= 0.3 is 5.97 Å². The molecule has 0 aromatic carbocycles. The van der Waals surface area contributed by atoms with E-state index in [0.29, 0.717) is 0 Å². The van der Waals surface area contributed by atoms with Crippen LogP contribution in [-0.2, 0) is 14.3 Å². The zero-order valence-electron chi connectivity index (χ0n) is 6.07. The molecule has 0 bridgehead atoms. The summed E-state index contributed by atoms with van der Waals surface area (Å²) in [6, 6.07) is 0. The van der Waals surface area contributed by atoms with E-state index in [9.17, 15) is 9.59 Å². The number of carboxylic acid groups (broad SMARTS) is 1. The van der Waals surface area contributed by atoms with Crippen LogP contribution in [0.2, 0.25) is 0 Å². The van der Waals surface area contributed by atoms with Gasteiger partial charge < -0.3 is 9.84 Å². The van der Waals surface area contributed by atoms with Crippen molar-refractivity contribution in [3.05, 3.63) is 0 Å². The van der Waals surface area contributed by atoms with Gasteiger partial charge in [-0.2, -0.15) is 0 Å². The molecule has 1 aliphatic heterocycles. The molecule has 0 aromatic rings. The van der Waals surface area contributed by atoms with E-state index in [1.54, 1.807) is 0 Å². The Hall–Kier alpha value is -0.610. The molecule has 12 heavy (non-hydrogen) atoms. The highest BCUT2D eigenvalue weighted by molar-refractivity contribution is 6.35. The van der Waals surface area contributed by atoms with E-state index in [1.165, 1.54) is 0 Å². The Morgan fingerprint density at radius 1 is 1.67 bits per heavy atom. The van der Waals surface area contributed by atoms with Crippen molar-refractivity contribution in [3.8, 4) is 0 Å². The van der Waals surface area contributed by atoms with E-state index in [-0.39, 0.29) is 18.5 Å². The van der Waals surface area contributed by atoms with Crippen molar-refractivity contribution in [1.29, 1.82) is 0 Å². The molecule has 4 unspecified atom stereocenters. The van der Waals surface area contributed by atoms with Gasteiger partial charge in [0.05, 0.1) is 24.5 Å². The molecule has 0 radical (unpaired) electrons. The van der Waals surface area contributed by atoms with Crippen molar-refractivity contribution < 1.29 is 19.4 Å². The number of aliphatic carboxylic acids is 1. The maximum Gasteiger partial charge on any atom is 0.309 e. The first-order chi connectivity index (χ1) is 5.63. The predicted molar refractivity (Wildman–Crippen MR) is 39.0 cm³/mol. The van der Waals surface area contributed by atoms with E-state index in [4.69, 9.17) is 21.4 Å². The minimum Gasteiger partial charge on any atom is -0.481 e. The normalized spacial score (nSPS) is 45.2. The molecule has 1 saturated carbocycles. The zero-order valence-corrected chi connectivity index (χ0v) is 6.82. The number of ketones is 1. The number of carbonyl (C=O) groups excluding carboxylic acids is 1. The first kappa shape index (κ1) is 8.01. The third-order valence-corrected chi connectivity index (χ3v) is 2.93. The SMILES string of the molecule is O=C(O)C1COC2C(Cl)C(=O)C12. The third kappa shape index (κ3) is 0.820. The van der Waals surface area contributed by atoms with Gasteiger partial charge in [-0.25, -0.2) is 0 Å². The number of Topliss-reactive ketones (excluding diaryl/α,β-unsaturated/α-hetero) is 1. The van der Waals surface area contributed by atoms with Gasteiger partial charge in [0.2, 0.25) is 0 Å². The molecule has 2 aliphatic rings. The number of hydrogen-bond acceptors (Lipinski definition) is 3. The van der Waals surface area contributed by atoms with Crippen LogP contribution in [0.4, 0.5) is 0 Å². The number of fused-ring (bicyclic) bond motifs is 1. The second kappa shape index (κ2) is 2.44. The molecule has 2 rings (SSSR count). The van der Waals surface area contributed by atoms with Crippen LogP contribution in [-0.4, -0.2) is 34.9 Å². The number of rotatable bonds is 1. The van der Waals surface area contributed by atoms with Gasteiger partial charge in [0.1, 0.15) is 5.38 Å². The van der Waals surface area contributed by atoms with Crippen LogP contribution in [0, 0.1) is 11.8 Å². The van der Waals surface area contributed by atoms with Crippen molar-refractivity contribution in [3.63, 3.8) is 0 Å². The largest absolute Gasteiger partial charge is 0.481 e. The molecular weight excluding hydrogens is 184 g/mol. The molecule has 0 amide bonds. The fourth-order valence-corrected chi connectivity index (χ4v) is 2.10. The number of ether oxygens (including phenoxy) is 1. The monoisotopic (exact) mass is 190 g/mol. The van der Waals surface area contributed by atoms with Gasteiger partial charge in [0.15, 0.2) is 5.78 Å². The van der Waals surface area contributed by atoms with Crippen LogP contribution >= 0.6 is 11.6 Å². The Labute approximate surface area is 73.5 Å². The molecule has 4 atom stereocenters. The van der Waals surface area contributed by atoms with Gasteiger partial charge in [-0.1, -0.05) is 0 Å². The lowest BCUT2D eigenvalue weighted by molar-refractivity contribution is -0.148. The smallest absolute Gasteiger partial charge is 0.309 e. The third-order valence-electron chi connectivity index (χ3n) is 2.46. The first-order valence-corrected chi connectivity index (χ1v) is 4.09. The number of halogens is 1. The van der Waals surface area contributed by atoms with E-state index in [1.807, 2.05) is 0 Å². The minimum atomic E-state index is -0.973. The molecule has 5 heteroatoms. The summed E-state index contributed by atoms with van der Waals surface area (Å²) in [5, 5.41) is 8.04. The van der Waals surface area contributed by atoms with Crippen LogP contribution in [0.5, 0.6) is 0 Å². The lowest BCUT2D eigenvalue weighted by Gasteiger charge is -2.33. The van der Waals surface area contributed by atoms with Crippen molar-refractivity contribution in [2.75, 3.05) is 6.61 Å². The van der Waals surface area contributed by atoms with Gasteiger partial charge in [-0.05, 0) is 0 Å². The molecule has 1 heterocycles. The van der Waals surface area contributed by atoms with Gasteiger partial charge in [-0.15, -0.1) is 11.6 Å². The molecular formula is C7H7ClO4. The van der Waals surface area contributed by atoms with Gasteiger partial charge in [0.25, 0.3) is 0 Å². The number of hydrogen-bond donors (Lipinski definition) is 1. The molecule has 66 valence electrons. The number of carboxylic acids is 1. The average Bonchev–Trinajstić information content (AvgIpc) is 2.43. The Bertz CT molecular complexity index is 252. The molecule has 1 N–H and O–H groups in total. The van der Waals surface area contributed by atoms with E-state index in [2.05, 4.69) is 0 Å². The summed E-state index contributed by atoms with van der Waals surface area (Å²) in [4.78, 5) is 21.7. The summed E-state index contributed by atoms with van der Waals surface area (Å²) in [5.41, 5.74) is 0. The fraction of sp³-hybridized carbons (Fsp3) is 0.714. The predicted octanol–water partition coefficient (Wildman–Crippen LogP) is -0.108. The second-order valence-electron chi connectivity index (χ2n) is 3.07. The van der Waals surface area contributed by atoms with Crippen LogP contribution < -0.4 is 0 Å². The highest BCUT2D eigenvalue weighted by Gasteiger charge is 2.59. The molecule has 4 nitrogen and oxygen atoms in total. The maximum absolute atomic E-state index is 11.1. The molecule has 1 saturated heterocycles. The van der Waals surface area contributed by atoms with Crippen LogP contribution in [0.3, 0.4) is 0 Å². The van der Waals surface area contributed by atoms with Crippen LogP contribution in [0.15, 0.2) is 0 Å².